The Morgan fingerprint density at radius 3 is 2.90 bits per heavy atom. The van der Waals surface area contributed by atoms with Gasteiger partial charge in [0, 0.05) is 43.8 Å². The molecule has 0 amide bonds. The molecule has 1 N–H and O–H groups in total. The number of aryl methyl sites for hydroxylation is 2. The van der Waals surface area contributed by atoms with E-state index in [4.69, 9.17) is 0 Å². The zero-order valence-electron chi connectivity index (χ0n) is 11.7. The highest BCUT2D eigenvalue weighted by Gasteiger charge is 2.01. The van der Waals surface area contributed by atoms with Gasteiger partial charge in [-0.1, -0.05) is 0 Å². The summed E-state index contributed by atoms with van der Waals surface area (Å²) < 4.78 is 3.65. The Morgan fingerprint density at radius 2 is 2.10 bits per heavy atom. The van der Waals surface area contributed by atoms with Gasteiger partial charge in [-0.15, -0.1) is 0 Å². The highest BCUT2D eigenvalue weighted by Crippen LogP contribution is 2.04. The minimum Gasteiger partial charge on any atom is -0.312 e. The van der Waals surface area contributed by atoms with Crippen molar-refractivity contribution in [2.45, 2.75) is 19.9 Å². The van der Waals surface area contributed by atoms with Gasteiger partial charge in [0.15, 0.2) is 5.65 Å². The van der Waals surface area contributed by atoms with Crippen molar-refractivity contribution in [3.63, 3.8) is 0 Å². The molecule has 0 radical (unpaired) electrons. The van der Waals surface area contributed by atoms with E-state index in [0.29, 0.717) is 0 Å². The van der Waals surface area contributed by atoms with Crippen molar-refractivity contribution in [2.24, 2.45) is 7.05 Å². The fourth-order valence-corrected chi connectivity index (χ4v) is 2.19. The van der Waals surface area contributed by atoms with Crippen molar-refractivity contribution in [1.29, 1.82) is 0 Å². The molecule has 0 aromatic carbocycles. The van der Waals surface area contributed by atoms with E-state index in [1.807, 2.05) is 54.0 Å². The van der Waals surface area contributed by atoms with Gasteiger partial charge < -0.3 is 5.32 Å². The Kier molecular flexibility index (Phi) is 3.47. The summed E-state index contributed by atoms with van der Waals surface area (Å²) in [5.74, 6) is 0. The third-order valence-electron chi connectivity index (χ3n) is 3.17. The third kappa shape index (κ3) is 2.85. The van der Waals surface area contributed by atoms with Gasteiger partial charge in [-0.3, -0.25) is 4.68 Å². The van der Waals surface area contributed by atoms with Crippen LogP contribution in [0.3, 0.4) is 0 Å². The smallest absolute Gasteiger partial charge is 0.155 e. The summed E-state index contributed by atoms with van der Waals surface area (Å²) >= 11 is 0. The topological polar surface area (TPSA) is 60.0 Å². The number of aromatic nitrogens is 5. The zero-order valence-corrected chi connectivity index (χ0v) is 11.7. The van der Waals surface area contributed by atoms with Gasteiger partial charge in [0.1, 0.15) is 0 Å². The molecule has 3 rings (SSSR count). The summed E-state index contributed by atoms with van der Waals surface area (Å²) in [5.41, 5.74) is 4.25. The van der Waals surface area contributed by atoms with E-state index >= 15 is 0 Å². The van der Waals surface area contributed by atoms with Gasteiger partial charge in [-0.25, -0.2) is 9.50 Å². The molecule has 0 atom stereocenters. The standard InChI is InChI=1S/C14H18N6/c1-11-5-14-16-7-13(10-20(14)18-11)6-15-4-3-12-8-17-19(2)9-12/h5,7-10,15H,3-4,6H2,1-2H3. The van der Waals surface area contributed by atoms with E-state index < -0.39 is 0 Å². The second kappa shape index (κ2) is 5.42. The minimum atomic E-state index is 0.794. The van der Waals surface area contributed by atoms with Crippen molar-refractivity contribution in [1.82, 2.24) is 29.7 Å². The normalized spacial score (nSPS) is 11.3. The lowest BCUT2D eigenvalue weighted by molar-refractivity contribution is 0.679. The number of hydrogen-bond acceptors (Lipinski definition) is 4. The second-order valence-electron chi connectivity index (χ2n) is 5.00. The van der Waals surface area contributed by atoms with E-state index in [0.717, 1.165) is 36.4 Å². The van der Waals surface area contributed by atoms with Crippen molar-refractivity contribution >= 4 is 5.65 Å². The number of hydrogen-bond donors (Lipinski definition) is 1. The molecule has 0 bridgehead atoms. The summed E-state index contributed by atoms with van der Waals surface area (Å²) in [6.07, 6.45) is 8.84. The lowest BCUT2D eigenvalue weighted by Crippen LogP contribution is -2.17. The van der Waals surface area contributed by atoms with Crippen molar-refractivity contribution in [2.75, 3.05) is 6.54 Å². The van der Waals surface area contributed by atoms with Gasteiger partial charge in [-0.05, 0) is 25.5 Å². The van der Waals surface area contributed by atoms with Crippen LogP contribution in [0.1, 0.15) is 16.8 Å². The predicted octanol–water partition coefficient (Wildman–Crippen LogP) is 1.10. The van der Waals surface area contributed by atoms with Gasteiger partial charge >= 0.3 is 0 Å². The van der Waals surface area contributed by atoms with Crippen LogP contribution < -0.4 is 5.32 Å². The molecule has 6 heteroatoms. The highest BCUT2D eigenvalue weighted by molar-refractivity contribution is 5.38. The second-order valence-corrected chi connectivity index (χ2v) is 5.00. The number of nitrogens with zero attached hydrogens (tertiary/aromatic N) is 5. The van der Waals surface area contributed by atoms with E-state index in [9.17, 15) is 0 Å². The van der Waals surface area contributed by atoms with Gasteiger partial charge in [0.25, 0.3) is 0 Å². The van der Waals surface area contributed by atoms with Crippen LogP contribution >= 0.6 is 0 Å². The molecule has 0 unspecified atom stereocenters. The Morgan fingerprint density at radius 1 is 1.20 bits per heavy atom. The van der Waals surface area contributed by atoms with Gasteiger partial charge in [-0.2, -0.15) is 10.2 Å². The lowest BCUT2D eigenvalue weighted by Gasteiger charge is -2.04. The number of rotatable bonds is 5. The maximum atomic E-state index is 4.39. The fraction of sp³-hybridized carbons (Fsp3) is 0.357. The van der Waals surface area contributed by atoms with Crippen LogP contribution in [0.5, 0.6) is 0 Å². The van der Waals surface area contributed by atoms with Crippen LogP contribution in [-0.4, -0.2) is 30.9 Å². The van der Waals surface area contributed by atoms with E-state index in [2.05, 4.69) is 20.5 Å². The van der Waals surface area contributed by atoms with Gasteiger partial charge in [0.05, 0.1) is 11.9 Å². The quantitative estimate of drug-likeness (QED) is 0.705. The van der Waals surface area contributed by atoms with Crippen LogP contribution in [0.15, 0.2) is 30.9 Å². The highest BCUT2D eigenvalue weighted by atomic mass is 15.2. The van der Waals surface area contributed by atoms with Crippen LogP contribution in [0.4, 0.5) is 0 Å². The summed E-state index contributed by atoms with van der Waals surface area (Å²) in [6, 6.07) is 1.97. The van der Waals surface area contributed by atoms with Gasteiger partial charge in [0.2, 0.25) is 0 Å². The lowest BCUT2D eigenvalue weighted by atomic mass is 10.2. The summed E-state index contributed by atoms with van der Waals surface area (Å²) in [5, 5.41) is 11.9. The maximum absolute atomic E-state index is 4.39. The first-order valence-corrected chi connectivity index (χ1v) is 6.70. The molecule has 0 aliphatic carbocycles. The average Bonchev–Trinajstić information content (AvgIpc) is 2.99. The molecule has 0 saturated carbocycles. The first-order chi connectivity index (χ1) is 9.70. The molecule has 3 aromatic rings. The molecule has 0 spiro atoms. The Balaban J connectivity index is 1.54. The number of nitrogens with one attached hydrogen (secondary N) is 1. The molecule has 6 nitrogen and oxygen atoms in total. The predicted molar refractivity (Wildman–Crippen MR) is 76.3 cm³/mol. The molecule has 0 fully saturated rings. The summed E-state index contributed by atoms with van der Waals surface area (Å²) in [4.78, 5) is 4.39. The molecule has 0 aliphatic heterocycles. The van der Waals surface area contributed by atoms with Crippen molar-refractivity contribution < 1.29 is 0 Å². The summed E-state index contributed by atoms with van der Waals surface area (Å²) in [7, 11) is 1.93. The molecule has 0 saturated heterocycles. The average molecular weight is 270 g/mol. The minimum absolute atomic E-state index is 0.794. The van der Waals surface area contributed by atoms with E-state index in [1.54, 1.807) is 0 Å². The largest absolute Gasteiger partial charge is 0.312 e. The summed E-state index contributed by atoms with van der Waals surface area (Å²) in [6.45, 7) is 3.68. The first-order valence-electron chi connectivity index (χ1n) is 6.70. The van der Waals surface area contributed by atoms with Crippen molar-refractivity contribution in [3.8, 4) is 0 Å². The Hall–Kier alpha value is -2.21. The maximum Gasteiger partial charge on any atom is 0.155 e. The van der Waals surface area contributed by atoms with Crippen LogP contribution in [-0.2, 0) is 20.0 Å². The molecule has 20 heavy (non-hydrogen) atoms. The monoisotopic (exact) mass is 270 g/mol. The van der Waals surface area contributed by atoms with E-state index in [-0.39, 0.29) is 0 Å². The van der Waals surface area contributed by atoms with E-state index in [1.165, 1.54) is 5.56 Å². The first kappa shape index (κ1) is 12.8. The fourth-order valence-electron chi connectivity index (χ4n) is 2.19. The van der Waals surface area contributed by atoms with Crippen LogP contribution in [0.2, 0.25) is 0 Å². The molecule has 3 aromatic heterocycles. The van der Waals surface area contributed by atoms with Crippen LogP contribution in [0, 0.1) is 6.92 Å². The number of fused-ring (bicyclic) bond motifs is 1. The van der Waals surface area contributed by atoms with Crippen LogP contribution in [0.25, 0.3) is 5.65 Å². The Labute approximate surface area is 117 Å². The Bertz CT molecular complexity index is 711. The molecule has 0 aliphatic rings. The van der Waals surface area contributed by atoms with Crippen molar-refractivity contribution in [3.05, 3.63) is 47.7 Å². The molecule has 3 heterocycles. The zero-order chi connectivity index (χ0) is 13.9. The SMILES string of the molecule is Cc1cc2ncc(CNCCc3cnn(C)c3)cn2n1. The third-order valence-corrected chi connectivity index (χ3v) is 3.17. The molecule has 104 valence electrons. The molecular weight excluding hydrogens is 252 g/mol. The molecular formula is C14H18N6.